The zero-order valence-electron chi connectivity index (χ0n) is 11.5. The standard InChI is InChI=1S/C15H12ClN3O3/c16-10-3-4-12-13(6-10)18-9-19(15(12)21)8-14(20)17-7-11-2-1-5-22-11/h1-6,9H,7-8H2,(H,17,20). The van der Waals surface area contributed by atoms with Crippen molar-refractivity contribution in [1.82, 2.24) is 14.9 Å². The van der Waals surface area contributed by atoms with E-state index in [0.717, 1.165) is 0 Å². The van der Waals surface area contributed by atoms with Crippen LogP contribution in [0.2, 0.25) is 5.02 Å². The molecule has 0 unspecified atom stereocenters. The van der Waals surface area contributed by atoms with Crippen molar-refractivity contribution < 1.29 is 9.21 Å². The number of furan rings is 1. The van der Waals surface area contributed by atoms with Gasteiger partial charge in [-0.3, -0.25) is 14.2 Å². The number of amides is 1. The van der Waals surface area contributed by atoms with Gasteiger partial charge in [0, 0.05) is 5.02 Å². The summed E-state index contributed by atoms with van der Waals surface area (Å²) in [6.45, 7) is 0.169. The molecular weight excluding hydrogens is 306 g/mol. The van der Waals surface area contributed by atoms with Gasteiger partial charge in [0.2, 0.25) is 5.91 Å². The van der Waals surface area contributed by atoms with Crippen molar-refractivity contribution >= 4 is 28.4 Å². The van der Waals surface area contributed by atoms with Crippen LogP contribution in [-0.4, -0.2) is 15.5 Å². The predicted octanol–water partition coefficient (Wildman–Crippen LogP) is 1.96. The summed E-state index contributed by atoms with van der Waals surface area (Å²) in [5.74, 6) is 0.348. The Bertz CT molecular complexity index is 871. The molecule has 0 aliphatic heterocycles. The Labute approximate surface area is 130 Å². The third-order valence-electron chi connectivity index (χ3n) is 3.14. The Hall–Kier alpha value is -2.60. The molecule has 1 aromatic carbocycles. The van der Waals surface area contributed by atoms with Crippen molar-refractivity contribution in [2.24, 2.45) is 0 Å². The number of carbonyl (C=O) groups excluding carboxylic acids is 1. The normalized spacial score (nSPS) is 10.8. The van der Waals surface area contributed by atoms with Gasteiger partial charge in [0.25, 0.3) is 5.56 Å². The molecule has 3 rings (SSSR count). The van der Waals surface area contributed by atoms with Gasteiger partial charge in [-0.05, 0) is 30.3 Å². The molecule has 3 aromatic rings. The second kappa shape index (κ2) is 6.03. The number of fused-ring (bicyclic) bond motifs is 1. The van der Waals surface area contributed by atoms with Gasteiger partial charge in [-0.1, -0.05) is 11.6 Å². The van der Waals surface area contributed by atoms with Crippen LogP contribution in [0.15, 0.2) is 52.1 Å². The SMILES string of the molecule is O=C(Cn1cnc2cc(Cl)ccc2c1=O)NCc1ccco1. The number of benzene rings is 1. The lowest BCUT2D eigenvalue weighted by atomic mass is 10.2. The molecule has 0 saturated heterocycles. The maximum absolute atomic E-state index is 12.3. The van der Waals surface area contributed by atoms with Crippen LogP contribution in [0.4, 0.5) is 0 Å². The fourth-order valence-corrected chi connectivity index (χ4v) is 2.22. The molecular formula is C15H12ClN3O3. The molecule has 0 saturated carbocycles. The summed E-state index contributed by atoms with van der Waals surface area (Å²) in [5.41, 5.74) is 0.222. The summed E-state index contributed by atoms with van der Waals surface area (Å²) in [4.78, 5) is 28.3. The quantitative estimate of drug-likeness (QED) is 0.798. The molecule has 0 fully saturated rings. The summed E-state index contributed by atoms with van der Waals surface area (Å²) in [6.07, 6.45) is 2.87. The van der Waals surface area contributed by atoms with Crippen molar-refractivity contribution in [3.05, 3.63) is 64.1 Å². The van der Waals surface area contributed by atoms with Gasteiger partial charge in [-0.15, -0.1) is 0 Å². The van der Waals surface area contributed by atoms with E-state index in [0.29, 0.717) is 21.7 Å². The summed E-state index contributed by atoms with van der Waals surface area (Å²) < 4.78 is 6.38. The monoisotopic (exact) mass is 317 g/mol. The van der Waals surface area contributed by atoms with Gasteiger partial charge in [-0.2, -0.15) is 0 Å². The zero-order chi connectivity index (χ0) is 15.5. The summed E-state index contributed by atoms with van der Waals surface area (Å²) in [7, 11) is 0. The molecule has 22 heavy (non-hydrogen) atoms. The fraction of sp³-hybridized carbons (Fsp3) is 0.133. The van der Waals surface area contributed by atoms with E-state index in [2.05, 4.69) is 10.3 Å². The van der Waals surface area contributed by atoms with E-state index in [9.17, 15) is 9.59 Å². The fourth-order valence-electron chi connectivity index (χ4n) is 2.05. The molecule has 6 nitrogen and oxygen atoms in total. The summed E-state index contributed by atoms with van der Waals surface area (Å²) in [6, 6.07) is 8.33. The second-order valence-electron chi connectivity index (χ2n) is 4.70. The van der Waals surface area contributed by atoms with Gasteiger partial charge >= 0.3 is 0 Å². The molecule has 1 amide bonds. The van der Waals surface area contributed by atoms with E-state index < -0.39 is 0 Å². The molecule has 0 radical (unpaired) electrons. The Balaban J connectivity index is 1.76. The summed E-state index contributed by atoms with van der Waals surface area (Å²) >= 11 is 5.86. The average molecular weight is 318 g/mol. The lowest BCUT2D eigenvalue weighted by molar-refractivity contribution is -0.121. The van der Waals surface area contributed by atoms with Crippen LogP contribution in [0.5, 0.6) is 0 Å². The number of halogens is 1. The molecule has 0 bridgehead atoms. The lowest BCUT2D eigenvalue weighted by Crippen LogP contribution is -2.32. The highest BCUT2D eigenvalue weighted by atomic mass is 35.5. The first-order valence-electron chi connectivity index (χ1n) is 6.57. The number of nitrogens with zero attached hydrogens (tertiary/aromatic N) is 2. The van der Waals surface area contributed by atoms with Gasteiger partial charge in [0.05, 0.1) is 30.0 Å². The van der Waals surface area contributed by atoms with Gasteiger partial charge in [-0.25, -0.2) is 4.98 Å². The second-order valence-corrected chi connectivity index (χ2v) is 5.13. The van der Waals surface area contributed by atoms with Crippen LogP contribution in [0.1, 0.15) is 5.76 Å². The Morgan fingerprint density at radius 1 is 1.36 bits per heavy atom. The minimum absolute atomic E-state index is 0.106. The smallest absolute Gasteiger partial charge is 0.261 e. The van der Waals surface area contributed by atoms with Crippen molar-refractivity contribution in [2.45, 2.75) is 13.1 Å². The molecule has 0 atom stereocenters. The average Bonchev–Trinajstić information content (AvgIpc) is 3.01. The number of rotatable bonds is 4. The molecule has 2 heterocycles. The van der Waals surface area contributed by atoms with E-state index in [-0.39, 0.29) is 24.6 Å². The van der Waals surface area contributed by atoms with Crippen molar-refractivity contribution in [3.8, 4) is 0 Å². The predicted molar refractivity (Wildman–Crippen MR) is 81.6 cm³/mol. The number of carbonyl (C=O) groups is 1. The van der Waals surface area contributed by atoms with E-state index in [1.54, 1.807) is 30.3 Å². The van der Waals surface area contributed by atoms with E-state index in [1.807, 2.05) is 0 Å². The largest absolute Gasteiger partial charge is 0.467 e. The van der Waals surface area contributed by atoms with E-state index in [1.165, 1.54) is 17.2 Å². The van der Waals surface area contributed by atoms with E-state index >= 15 is 0 Å². The lowest BCUT2D eigenvalue weighted by Gasteiger charge is -2.07. The molecule has 0 spiro atoms. The maximum Gasteiger partial charge on any atom is 0.261 e. The molecule has 0 aliphatic rings. The minimum Gasteiger partial charge on any atom is -0.467 e. The highest BCUT2D eigenvalue weighted by molar-refractivity contribution is 6.31. The van der Waals surface area contributed by atoms with Crippen LogP contribution in [0, 0.1) is 0 Å². The third-order valence-corrected chi connectivity index (χ3v) is 3.38. The van der Waals surface area contributed by atoms with Crippen LogP contribution in [-0.2, 0) is 17.9 Å². The first-order chi connectivity index (χ1) is 10.6. The first kappa shape index (κ1) is 14.3. The number of aromatic nitrogens is 2. The van der Waals surface area contributed by atoms with Crippen molar-refractivity contribution in [1.29, 1.82) is 0 Å². The number of hydrogen-bond acceptors (Lipinski definition) is 4. The van der Waals surface area contributed by atoms with Gasteiger partial charge in [0.1, 0.15) is 12.3 Å². The molecule has 1 N–H and O–H groups in total. The summed E-state index contributed by atoms with van der Waals surface area (Å²) in [5, 5.41) is 3.61. The molecule has 7 heteroatoms. The van der Waals surface area contributed by atoms with Gasteiger partial charge in [0.15, 0.2) is 0 Å². The topological polar surface area (TPSA) is 77.1 Å². The Kier molecular flexibility index (Phi) is 3.93. The van der Waals surface area contributed by atoms with E-state index in [4.69, 9.17) is 16.0 Å². The van der Waals surface area contributed by atoms with Crippen molar-refractivity contribution in [3.63, 3.8) is 0 Å². The molecule has 112 valence electrons. The molecule has 0 aliphatic carbocycles. The third kappa shape index (κ3) is 3.01. The Morgan fingerprint density at radius 3 is 3.00 bits per heavy atom. The van der Waals surface area contributed by atoms with Crippen LogP contribution in [0.25, 0.3) is 10.9 Å². The zero-order valence-corrected chi connectivity index (χ0v) is 12.2. The van der Waals surface area contributed by atoms with Crippen LogP contribution < -0.4 is 10.9 Å². The molecule has 2 aromatic heterocycles. The maximum atomic E-state index is 12.3. The first-order valence-corrected chi connectivity index (χ1v) is 6.95. The van der Waals surface area contributed by atoms with Crippen molar-refractivity contribution in [2.75, 3.05) is 0 Å². The number of nitrogens with one attached hydrogen (secondary N) is 1. The highest BCUT2D eigenvalue weighted by Gasteiger charge is 2.09. The Morgan fingerprint density at radius 2 is 2.23 bits per heavy atom. The minimum atomic E-state index is -0.298. The number of hydrogen-bond donors (Lipinski definition) is 1. The van der Waals surface area contributed by atoms with Gasteiger partial charge < -0.3 is 9.73 Å². The van der Waals surface area contributed by atoms with Crippen LogP contribution in [0.3, 0.4) is 0 Å². The van der Waals surface area contributed by atoms with Crippen LogP contribution >= 0.6 is 11.6 Å². The highest BCUT2D eigenvalue weighted by Crippen LogP contribution is 2.14.